The van der Waals surface area contributed by atoms with Gasteiger partial charge in [0.05, 0.1) is 44.2 Å². The summed E-state index contributed by atoms with van der Waals surface area (Å²) >= 11 is 0. The summed E-state index contributed by atoms with van der Waals surface area (Å²) in [6.07, 6.45) is 0. The molecule has 58 heavy (non-hydrogen) atoms. The van der Waals surface area contributed by atoms with Crippen LogP contribution in [0, 0.1) is 0 Å². The molecule has 0 amide bonds. The molecule has 6 heterocycles. The van der Waals surface area contributed by atoms with Gasteiger partial charge in [0.2, 0.25) is 0 Å². The monoisotopic (exact) mass is 732 g/mol. The Bertz CT molecular complexity index is 3900. The van der Waals surface area contributed by atoms with Gasteiger partial charge in [-0.05, 0) is 109 Å². The van der Waals surface area contributed by atoms with Crippen LogP contribution in [0.1, 0.15) is 22.3 Å². The highest BCUT2D eigenvalue weighted by Gasteiger charge is 2.56. The summed E-state index contributed by atoms with van der Waals surface area (Å²) < 4.78 is 10.4. The fourth-order valence-electron chi connectivity index (χ4n) is 12.8. The van der Waals surface area contributed by atoms with Crippen LogP contribution in [0.2, 0.25) is 0 Å². The number of benzene rings is 8. The second-order valence-corrected chi connectivity index (χ2v) is 16.7. The fourth-order valence-corrected chi connectivity index (χ4v) is 12.8. The van der Waals surface area contributed by atoms with Gasteiger partial charge in [0.1, 0.15) is 11.3 Å². The number of aromatic nitrogens is 4. The topological polar surface area (TPSA) is 18.7 Å². The number of para-hydroxylation sites is 6. The molecule has 16 rings (SSSR count). The summed E-state index contributed by atoms with van der Waals surface area (Å²) in [5, 5.41) is 2.64. The van der Waals surface area contributed by atoms with Crippen molar-refractivity contribution in [3.8, 4) is 33.6 Å². The Morgan fingerprint density at radius 2 is 0.776 bits per heavy atom. The molecule has 5 heteroatoms. The largest absolute Gasteiger partial charge is 0.295 e. The molecule has 8 aromatic carbocycles. The molecular weight excluding hydrogens is 703 g/mol. The molecule has 0 unspecified atom stereocenters. The molecular formula is C53H29BN4. The first kappa shape index (κ1) is 28.8. The average molecular weight is 733 g/mol. The lowest BCUT2D eigenvalue weighted by Crippen LogP contribution is -2.59. The van der Waals surface area contributed by atoms with Crippen LogP contribution in [0.5, 0.6) is 0 Å². The highest BCUT2D eigenvalue weighted by Crippen LogP contribution is 2.64. The molecule has 0 N–H and O–H groups in total. The summed E-state index contributed by atoms with van der Waals surface area (Å²) in [5.41, 5.74) is 27.1. The summed E-state index contributed by atoms with van der Waals surface area (Å²) in [6.45, 7) is -0.0126. The van der Waals surface area contributed by atoms with E-state index in [4.69, 9.17) is 0 Å². The van der Waals surface area contributed by atoms with Gasteiger partial charge in [0, 0.05) is 11.3 Å². The van der Waals surface area contributed by atoms with Gasteiger partial charge in [-0.25, -0.2) is 0 Å². The van der Waals surface area contributed by atoms with E-state index in [9.17, 15) is 0 Å². The highest BCUT2D eigenvalue weighted by molar-refractivity contribution is 7.02. The predicted molar refractivity (Wildman–Crippen MR) is 238 cm³/mol. The molecule has 2 aliphatic carbocycles. The number of nitrogens with zero attached hydrogens (tertiary/aromatic N) is 4. The minimum absolute atomic E-state index is 0.0126. The van der Waals surface area contributed by atoms with E-state index >= 15 is 0 Å². The van der Waals surface area contributed by atoms with E-state index in [1.165, 1.54) is 127 Å². The maximum Gasteiger partial charge on any atom is 0.258 e. The minimum Gasteiger partial charge on any atom is -0.295 e. The Morgan fingerprint density at radius 3 is 1.33 bits per heavy atom. The van der Waals surface area contributed by atoms with Crippen molar-refractivity contribution in [2.24, 2.45) is 0 Å². The molecule has 264 valence electrons. The third-order valence-electron chi connectivity index (χ3n) is 14.5. The Hall–Kier alpha value is -7.50. The first-order valence-electron chi connectivity index (χ1n) is 20.4. The Kier molecular flexibility index (Phi) is 4.66. The van der Waals surface area contributed by atoms with E-state index in [0.29, 0.717) is 0 Å². The average Bonchev–Trinajstić information content (AvgIpc) is 4.11. The quantitative estimate of drug-likeness (QED) is 0.138. The molecule has 0 fully saturated rings. The van der Waals surface area contributed by atoms with Gasteiger partial charge in [-0.2, -0.15) is 0 Å². The van der Waals surface area contributed by atoms with Crippen molar-refractivity contribution in [1.82, 2.24) is 17.9 Å². The minimum atomic E-state index is -0.517. The van der Waals surface area contributed by atoms with Crippen LogP contribution in [-0.2, 0) is 5.41 Å². The maximum atomic E-state index is 2.70. The summed E-state index contributed by atoms with van der Waals surface area (Å²) in [7, 11) is 0. The van der Waals surface area contributed by atoms with Crippen LogP contribution in [0.3, 0.4) is 0 Å². The van der Waals surface area contributed by atoms with E-state index in [0.717, 1.165) is 0 Å². The van der Waals surface area contributed by atoms with Gasteiger partial charge in [0.25, 0.3) is 6.71 Å². The molecule has 1 spiro atoms. The SMILES string of the molecule is c1ccc2c(c1)-c1ccccc1C21c2ccccc2-c2cc3c4c(c21)-n1c2ccccc2n2c5ccccc5c(c12)B4c1c2ccccc2n2c4ccccc4n-3c12. The van der Waals surface area contributed by atoms with Gasteiger partial charge in [-0.15, -0.1) is 0 Å². The van der Waals surface area contributed by atoms with Crippen molar-refractivity contribution >= 4 is 78.3 Å². The number of rotatable bonds is 0. The molecule has 12 aromatic rings. The van der Waals surface area contributed by atoms with Gasteiger partial charge in [-0.3, -0.25) is 17.9 Å². The molecule has 0 atom stereocenters. The predicted octanol–water partition coefficient (Wildman–Crippen LogP) is 9.87. The van der Waals surface area contributed by atoms with E-state index in [2.05, 4.69) is 194 Å². The number of hydrogen-bond donors (Lipinski definition) is 0. The summed E-state index contributed by atoms with van der Waals surface area (Å²) in [4.78, 5) is 0. The van der Waals surface area contributed by atoms with Crippen LogP contribution in [0.15, 0.2) is 176 Å². The molecule has 4 nitrogen and oxygen atoms in total. The van der Waals surface area contributed by atoms with Crippen molar-refractivity contribution in [1.29, 1.82) is 0 Å². The van der Waals surface area contributed by atoms with Crippen LogP contribution >= 0.6 is 0 Å². The Morgan fingerprint density at radius 1 is 0.362 bits per heavy atom. The molecule has 0 bridgehead atoms. The van der Waals surface area contributed by atoms with Crippen molar-refractivity contribution in [2.75, 3.05) is 0 Å². The lowest BCUT2D eigenvalue weighted by Gasteiger charge is -2.38. The van der Waals surface area contributed by atoms with Crippen molar-refractivity contribution in [3.63, 3.8) is 0 Å². The van der Waals surface area contributed by atoms with E-state index < -0.39 is 5.41 Å². The smallest absolute Gasteiger partial charge is 0.258 e. The Labute approximate surface area is 332 Å². The second-order valence-electron chi connectivity index (χ2n) is 16.7. The molecule has 4 aliphatic rings. The van der Waals surface area contributed by atoms with Gasteiger partial charge in [0.15, 0.2) is 0 Å². The summed E-state index contributed by atoms with van der Waals surface area (Å²) in [6, 6.07) is 66.8. The second kappa shape index (κ2) is 9.37. The van der Waals surface area contributed by atoms with Crippen molar-refractivity contribution in [3.05, 3.63) is 198 Å². The lowest BCUT2D eigenvalue weighted by molar-refractivity contribution is 0.786. The fraction of sp³-hybridized carbons (Fsp3) is 0.0189. The zero-order valence-corrected chi connectivity index (χ0v) is 31.1. The molecule has 4 aromatic heterocycles. The lowest BCUT2D eigenvalue weighted by atomic mass is 9.34. The molecule has 0 saturated carbocycles. The third-order valence-corrected chi connectivity index (χ3v) is 14.5. The van der Waals surface area contributed by atoms with Crippen LogP contribution in [0.25, 0.3) is 88.8 Å². The third kappa shape index (κ3) is 2.81. The highest BCUT2D eigenvalue weighted by atomic mass is 15.2. The Balaban J connectivity index is 1.24. The zero-order valence-electron chi connectivity index (χ0n) is 31.1. The van der Waals surface area contributed by atoms with E-state index in [1.54, 1.807) is 0 Å². The number of imidazole rings is 2. The zero-order chi connectivity index (χ0) is 37.2. The standard InChI is InChI=1S/C53H29BN4/c1-6-20-36-30(15-1)31-16-2-7-21-37(31)53(36)38-22-8-3-17-32(38)35-29-45-49-50(46(35)53)58-44-28-14-13-27-43(44)56-40-24-10-5-19-34(40)48(52(56)58)54(49)47-33-18-4-9-23-39(33)55-41-25-11-12-26-42(41)57(45)51(47)55/h1-29H. The maximum absolute atomic E-state index is 2.70. The van der Waals surface area contributed by atoms with Gasteiger partial charge >= 0.3 is 0 Å². The van der Waals surface area contributed by atoms with E-state index in [-0.39, 0.29) is 6.71 Å². The first-order chi connectivity index (χ1) is 28.9. The number of fused-ring (bicyclic) bond motifs is 27. The number of hydrogen-bond acceptors (Lipinski definition) is 0. The molecule has 2 aliphatic heterocycles. The van der Waals surface area contributed by atoms with Gasteiger partial charge in [-0.1, -0.05) is 133 Å². The molecule has 0 saturated heterocycles. The normalized spacial score (nSPS) is 14.7. The van der Waals surface area contributed by atoms with Crippen LogP contribution in [-0.4, -0.2) is 24.6 Å². The first-order valence-corrected chi connectivity index (χ1v) is 20.4. The van der Waals surface area contributed by atoms with Crippen molar-refractivity contribution < 1.29 is 0 Å². The van der Waals surface area contributed by atoms with Crippen LogP contribution in [0.4, 0.5) is 0 Å². The van der Waals surface area contributed by atoms with Crippen LogP contribution < -0.4 is 16.4 Å². The van der Waals surface area contributed by atoms with Crippen molar-refractivity contribution in [2.45, 2.75) is 5.41 Å². The summed E-state index contributed by atoms with van der Waals surface area (Å²) in [5.74, 6) is 0. The van der Waals surface area contributed by atoms with Gasteiger partial charge < -0.3 is 0 Å². The van der Waals surface area contributed by atoms with E-state index in [1.807, 2.05) is 0 Å². The molecule has 0 radical (unpaired) electrons.